The van der Waals surface area contributed by atoms with Crippen LogP contribution in [0.15, 0.2) is 24.3 Å². The molecule has 0 aromatic heterocycles. The summed E-state index contributed by atoms with van der Waals surface area (Å²) >= 11 is 0. The summed E-state index contributed by atoms with van der Waals surface area (Å²) in [6.45, 7) is 1.43. The molecule has 4 nitrogen and oxygen atoms in total. The number of rotatable bonds is 3. The minimum Gasteiger partial charge on any atom is -0.399 e. The Morgan fingerprint density at radius 3 is 3.15 bits per heavy atom. The minimum atomic E-state index is 0.257. The Balaban J connectivity index is 1.58. The average Bonchev–Trinajstić information content (AvgIpc) is 2.93. The van der Waals surface area contributed by atoms with Crippen LogP contribution in [0.1, 0.15) is 31.2 Å². The first-order valence-corrected chi connectivity index (χ1v) is 7.49. The highest BCUT2D eigenvalue weighted by Gasteiger charge is 2.37. The van der Waals surface area contributed by atoms with Crippen molar-refractivity contribution in [2.24, 2.45) is 0 Å². The van der Waals surface area contributed by atoms with Crippen LogP contribution in [-0.4, -0.2) is 36.1 Å². The number of aryl methyl sites for hydroxylation is 1. The number of nitrogens with two attached hydrogens (primary N) is 1. The van der Waals surface area contributed by atoms with Gasteiger partial charge in [0.2, 0.25) is 5.91 Å². The van der Waals surface area contributed by atoms with Gasteiger partial charge < -0.3 is 15.4 Å². The molecule has 2 atom stereocenters. The Kier molecular flexibility index (Phi) is 3.92. The van der Waals surface area contributed by atoms with Crippen LogP contribution < -0.4 is 5.73 Å². The first-order chi connectivity index (χ1) is 9.74. The maximum absolute atomic E-state index is 12.4. The van der Waals surface area contributed by atoms with E-state index in [-0.39, 0.29) is 12.0 Å². The zero-order chi connectivity index (χ0) is 13.9. The monoisotopic (exact) mass is 274 g/mol. The van der Waals surface area contributed by atoms with E-state index in [1.807, 2.05) is 29.2 Å². The predicted molar refractivity (Wildman–Crippen MR) is 78.3 cm³/mol. The van der Waals surface area contributed by atoms with Gasteiger partial charge in [0.1, 0.15) is 0 Å². The molecular formula is C16H22N2O2. The molecule has 0 radical (unpaired) electrons. The molecule has 2 fully saturated rings. The van der Waals surface area contributed by atoms with Crippen molar-refractivity contribution in [3.63, 3.8) is 0 Å². The molecule has 2 unspecified atom stereocenters. The van der Waals surface area contributed by atoms with E-state index in [2.05, 4.69) is 0 Å². The Morgan fingerprint density at radius 1 is 1.40 bits per heavy atom. The van der Waals surface area contributed by atoms with Crippen LogP contribution in [-0.2, 0) is 16.0 Å². The van der Waals surface area contributed by atoms with E-state index in [9.17, 15) is 4.79 Å². The van der Waals surface area contributed by atoms with E-state index in [1.165, 1.54) is 6.42 Å². The predicted octanol–water partition coefficient (Wildman–Crippen LogP) is 1.98. The number of hydrogen-bond acceptors (Lipinski definition) is 3. The number of anilines is 1. The fourth-order valence-electron chi connectivity index (χ4n) is 3.38. The van der Waals surface area contributed by atoms with Gasteiger partial charge in [-0.1, -0.05) is 12.1 Å². The van der Waals surface area contributed by atoms with Crippen molar-refractivity contribution in [2.45, 2.75) is 44.2 Å². The Bertz CT molecular complexity index is 489. The standard InChI is InChI=1S/C16H22N2O2/c17-13-4-1-3-12(11-13)7-8-16(19)18-9-10-20-15-6-2-5-14(15)18/h1,3-4,11,14-15H,2,5-10,17H2. The number of carbonyl (C=O) groups excluding carboxylic acids is 1. The topological polar surface area (TPSA) is 55.6 Å². The zero-order valence-corrected chi connectivity index (χ0v) is 11.8. The summed E-state index contributed by atoms with van der Waals surface area (Å²) in [4.78, 5) is 14.5. The number of morpholine rings is 1. The third kappa shape index (κ3) is 2.80. The normalized spacial score (nSPS) is 25.5. The van der Waals surface area contributed by atoms with E-state index in [0.29, 0.717) is 19.1 Å². The molecule has 1 amide bonds. The van der Waals surface area contributed by atoms with Gasteiger partial charge in [-0.15, -0.1) is 0 Å². The maximum atomic E-state index is 12.4. The molecule has 1 aliphatic heterocycles. The summed E-state index contributed by atoms with van der Waals surface area (Å²) in [5.74, 6) is 0.257. The molecule has 1 saturated heterocycles. The lowest BCUT2D eigenvalue weighted by atomic mass is 10.1. The summed E-state index contributed by atoms with van der Waals surface area (Å²) in [6.07, 6.45) is 4.97. The van der Waals surface area contributed by atoms with E-state index >= 15 is 0 Å². The van der Waals surface area contributed by atoms with Gasteiger partial charge in [0.05, 0.1) is 18.8 Å². The second kappa shape index (κ2) is 5.83. The molecule has 1 saturated carbocycles. The minimum absolute atomic E-state index is 0.257. The molecule has 2 aliphatic rings. The highest BCUT2D eigenvalue weighted by Crippen LogP contribution is 2.30. The molecule has 1 aromatic rings. The number of amides is 1. The third-order valence-electron chi connectivity index (χ3n) is 4.38. The van der Waals surface area contributed by atoms with Crippen LogP contribution in [0.5, 0.6) is 0 Å². The van der Waals surface area contributed by atoms with E-state index < -0.39 is 0 Å². The van der Waals surface area contributed by atoms with Crippen molar-refractivity contribution < 1.29 is 9.53 Å². The molecule has 0 bridgehead atoms. The quantitative estimate of drug-likeness (QED) is 0.858. The van der Waals surface area contributed by atoms with Crippen LogP contribution in [0.4, 0.5) is 5.69 Å². The zero-order valence-electron chi connectivity index (χ0n) is 11.8. The molecule has 1 aromatic carbocycles. The summed E-state index contributed by atoms with van der Waals surface area (Å²) < 4.78 is 5.75. The number of ether oxygens (including phenoxy) is 1. The second-order valence-electron chi connectivity index (χ2n) is 5.74. The van der Waals surface area contributed by atoms with Gasteiger partial charge in [-0.3, -0.25) is 4.79 Å². The fourth-order valence-corrected chi connectivity index (χ4v) is 3.38. The SMILES string of the molecule is Nc1cccc(CCC(=O)N2CCOC3CCCC32)c1. The number of hydrogen-bond donors (Lipinski definition) is 1. The molecule has 3 rings (SSSR count). The van der Waals surface area contributed by atoms with Crippen LogP contribution in [0.3, 0.4) is 0 Å². The molecule has 20 heavy (non-hydrogen) atoms. The van der Waals surface area contributed by atoms with Gasteiger partial charge >= 0.3 is 0 Å². The van der Waals surface area contributed by atoms with Gasteiger partial charge in [-0.2, -0.15) is 0 Å². The molecule has 4 heteroatoms. The number of nitrogen functional groups attached to an aromatic ring is 1. The molecule has 2 N–H and O–H groups in total. The van der Waals surface area contributed by atoms with Crippen molar-refractivity contribution in [1.82, 2.24) is 4.90 Å². The van der Waals surface area contributed by atoms with Gasteiger partial charge in [0.25, 0.3) is 0 Å². The molecule has 1 aliphatic carbocycles. The van der Waals surface area contributed by atoms with Gasteiger partial charge in [0.15, 0.2) is 0 Å². The number of benzene rings is 1. The van der Waals surface area contributed by atoms with Gasteiger partial charge in [0, 0.05) is 18.7 Å². The Morgan fingerprint density at radius 2 is 2.30 bits per heavy atom. The first-order valence-electron chi connectivity index (χ1n) is 7.49. The smallest absolute Gasteiger partial charge is 0.223 e. The van der Waals surface area contributed by atoms with Crippen molar-refractivity contribution in [3.8, 4) is 0 Å². The fraction of sp³-hybridized carbons (Fsp3) is 0.562. The molecule has 1 heterocycles. The summed E-state index contributed by atoms with van der Waals surface area (Å²) in [5.41, 5.74) is 7.66. The van der Waals surface area contributed by atoms with Crippen LogP contribution in [0.2, 0.25) is 0 Å². The molecule has 0 spiro atoms. The second-order valence-corrected chi connectivity index (χ2v) is 5.74. The summed E-state index contributed by atoms with van der Waals surface area (Å²) in [7, 11) is 0. The Labute approximate surface area is 119 Å². The summed E-state index contributed by atoms with van der Waals surface area (Å²) in [6, 6.07) is 8.11. The lowest BCUT2D eigenvalue weighted by molar-refractivity contribution is -0.143. The summed E-state index contributed by atoms with van der Waals surface area (Å²) in [5, 5.41) is 0. The van der Waals surface area contributed by atoms with Crippen molar-refractivity contribution in [3.05, 3.63) is 29.8 Å². The van der Waals surface area contributed by atoms with E-state index in [0.717, 1.165) is 37.1 Å². The largest absolute Gasteiger partial charge is 0.399 e. The highest BCUT2D eigenvalue weighted by molar-refractivity contribution is 5.77. The number of nitrogens with zero attached hydrogens (tertiary/aromatic N) is 1. The third-order valence-corrected chi connectivity index (χ3v) is 4.38. The maximum Gasteiger partial charge on any atom is 0.223 e. The van der Waals surface area contributed by atoms with Gasteiger partial charge in [-0.05, 0) is 43.4 Å². The van der Waals surface area contributed by atoms with Crippen LogP contribution in [0, 0.1) is 0 Å². The highest BCUT2D eigenvalue weighted by atomic mass is 16.5. The van der Waals surface area contributed by atoms with Crippen LogP contribution in [0.25, 0.3) is 0 Å². The van der Waals surface area contributed by atoms with Crippen molar-refractivity contribution >= 4 is 11.6 Å². The molecular weight excluding hydrogens is 252 g/mol. The van der Waals surface area contributed by atoms with Gasteiger partial charge in [-0.25, -0.2) is 0 Å². The van der Waals surface area contributed by atoms with E-state index in [4.69, 9.17) is 10.5 Å². The number of carbonyl (C=O) groups is 1. The lowest BCUT2D eigenvalue weighted by Gasteiger charge is -2.37. The lowest BCUT2D eigenvalue weighted by Crippen LogP contribution is -2.51. The average molecular weight is 274 g/mol. The molecule has 108 valence electrons. The van der Waals surface area contributed by atoms with Crippen LogP contribution >= 0.6 is 0 Å². The number of fused-ring (bicyclic) bond motifs is 1. The van der Waals surface area contributed by atoms with E-state index in [1.54, 1.807) is 0 Å². The Hall–Kier alpha value is -1.55. The van der Waals surface area contributed by atoms with Crippen molar-refractivity contribution in [2.75, 3.05) is 18.9 Å². The van der Waals surface area contributed by atoms with Crippen molar-refractivity contribution in [1.29, 1.82) is 0 Å². The first kappa shape index (κ1) is 13.4.